The van der Waals surface area contributed by atoms with Crippen molar-refractivity contribution in [2.75, 3.05) is 11.6 Å². The number of aryl methyl sites for hydroxylation is 1. The van der Waals surface area contributed by atoms with Crippen LogP contribution < -0.4 is 21.3 Å². The van der Waals surface area contributed by atoms with Crippen LogP contribution in [0, 0.1) is 3.80 Å². The summed E-state index contributed by atoms with van der Waals surface area (Å²) in [6.45, 7) is 0.476. The summed E-state index contributed by atoms with van der Waals surface area (Å²) in [5.41, 5.74) is 10.9. The second kappa shape index (κ2) is 12.0. The molecule has 1 aromatic heterocycles. The van der Waals surface area contributed by atoms with Gasteiger partial charge < -0.3 is 0 Å². The van der Waals surface area contributed by atoms with Gasteiger partial charge in [0.15, 0.2) is 0 Å². The second-order valence-electron chi connectivity index (χ2n) is 10.7. The summed E-state index contributed by atoms with van der Waals surface area (Å²) in [4.78, 5) is 2.14. The van der Waals surface area contributed by atoms with Gasteiger partial charge in [-0.2, -0.15) is 0 Å². The van der Waals surface area contributed by atoms with Crippen molar-refractivity contribution < 1.29 is 24.1 Å². The fourth-order valence-corrected chi connectivity index (χ4v) is 6.59. The van der Waals surface area contributed by atoms with Crippen LogP contribution in [0.5, 0.6) is 0 Å². The minimum atomic E-state index is -0.0406. The third kappa shape index (κ3) is 5.37. The zero-order valence-corrected chi connectivity index (χ0v) is 26.1. The Balaban J connectivity index is 1.52. The average molecular weight is 739 g/mol. The molecule has 0 fully saturated rings. The molecule has 0 radical (unpaired) electrons. The van der Waals surface area contributed by atoms with Crippen LogP contribution in [0.3, 0.4) is 0 Å². The number of benzene rings is 5. The van der Waals surface area contributed by atoms with Crippen molar-refractivity contribution in [2.24, 2.45) is 7.05 Å². The first-order valence-electron chi connectivity index (χ1n) is 14.4. The number of hydrogen-bond acceptors (Lipinski definition) is 2. The molecular weight excluding hydrogens is 708 g/mol. The Kier molecular flexibility index (Phi) is 7.57. The van der Waals surface area contributed by atoms with Gasteiger partial charge in [0.2, 0.25) is 0 Å². The van der Waals surface area contributed by atoms with Gasteiger partial charge in [0, 0.05) is 0 Å². The molecule has 1 aliphatic heterocycles. The van der Waals surface area contributed by atoms with Crippen LogP contribution in [0.25, 0.3) is 27.9 Å². The summed E-state index contributed by atoms with van der Waals surface area (Å²) in [5.74, 6) is 0. The van der Waals surface area contributed by atoms with Gasteiger partial charge in [-0.05, 0) is 0 Å². The van der Waals surface area contributed by atoms with Crippen LogP contribution in [0.15, 0.2) is 152 Å². The Morgan fingerprint density at radius 3 is 1.79 bits per heavy atom. The second-order valence-corrected chi connectivity index (χ2v) is 11.7. The van der Waals surface area contributed by atoms with E-state index in [1.807, 2.05) is 6.20 Å². The standard InChI is InChI=1S/C37H30BN3O.Pt/c1-39-21-22-40(27-39)33-17-8-15-31(25-33)38(32-16-9-18-34(26-32)41-23-24-42-28-41)37-35(29-11-4-2-5-12-29)19-10-20-36(37)30-13-6-3-7-14-30;/h2-26H,28H2,1H3;. The third-order valence-electron chi connectivity index (χ3n) is 8.02. The molecule has 0 saturated carbocycles. The van der Waals surface area contributed by atoms with Crippen molar-refractivity contribution in [1.82, 2.24) is 9.13 Å². The predicted molar refractivity (Wildman–Crippen MR) is 174 cm³/mol. The Labute approximate surface area is 263 Å². The number of rotatable bonds is 7. The average Bonchev–Trinajstić information content (AvgIpc) is 3.73. The molecule has 43 heavy (non-hydrogen) atoms. The van der Waals surface area contributed by atoms with Crippen LogP contribution in [0.1, 0.15) is 0 Å². The van der Waals surface area contributed by atoms with E-state index < -0.39 is 0 Å². The van der Waals surface area contributed by atoms with Crippen molar-refractivity contribution in [3.8, 4) is 27.9 Å². The van der Waals surface area contributed by atoms with Crippen LogP contribution in [-0.4, -0.2) is 22.6 Å². The molecule has 0 spiro atoms. The van der Waals surface area contributed by atoms with E-state index in [1.165, 1.54) is 38.6 Å². The molecule has 0 unspecified atom stereocenters. The van der Waals surface area contributed by atoms with E-state index in [9.17, 15) is 0 Å². The fourth-order valence-electron chi connectivity index (χ4n) is 5.96. The molecule has 5 aromatic carbocycles. The number of aromatic nitrogens is 2. The fraction of sp³-hybridized carbons (Fsp3) is 0.0541. The van der Waals surface area contributed by atoms with E-state index in [4.69, 9.17) is 4.74 Å². The number of anilines is 1. The zero-order valence-electron chi connectivity index (χ0n) is 23.8. The molecular formula is C37H30BN3OPt. The summed E-state index contributed by atoms with van der Waals surface area (Å²) in [6, 6.07) is 46.1. The first-order valence-corrected chi connectivity index (χ1v) is 15.5. The summed E-state index contributed by atoms with van der Waals surface area (Å²) in [5, 5.41) is 0. The summed E-state index contributed by atoms with van der Waals surface area (Å²) in [7, 11) is 2.08. The zero-order chi connectivity index (χ0) is 29.2. The first kappa shape index (κ1) is 27.2. The molecule has 0 saturated heterocycles. The molecule has 2 heterocycles. The van der Waals surface area contributed by atoms with E-state index in [2.05, 4.69) is 180 Å². The third-order valence-corrected chi connectivity index (χ3v) is 9.37. The number of imidazole rings is 1. The summed E-state index contributed by atoms with van der Waals surface area (Å²) in [6.07, 6.45) is 7.98. The van der Waals surface area contributed by atoms with Gasteiger partial charge in [-0.15, -0.1) is 0 Å². The Morgan fingerprint density at radius 2 is 1.23 bits per heavy atom. The Bertz CT molecular complexity index is 1920. The molecule has 0 N–H and O–H groups in total. The Morgan fingerprint density at radius 1 is 0.651 bits per heavy atom. The van der Waals surface area contributed by atoms with Crippen molar-refractivity contribution in [2.45, 2.75) is 0 Å². The topological polar surface area (TPSA) is 22.3 Å². The van der Waals surface area contributed by atoms with Crippen molar-refractivity contribution in [3.63, 3.8) is 0 Å². The molecule has 212 valence electrons. The van der Waals surface area contributed by atoms with E-state index in [0.29, 0.717) is 6.73 Å². The maximum absolute atomic E-state index is 5.55. The van der Waals surface area contributed by atoms with Crippen molar-refractivity contribution in [1.29, 1.82) is 0 Å². The number of nitrogens with zero attached hydrogens (tertiary/aromatic N) is 3. The first-order chi connectivity index (χ1) is 21.2. The van der Waals surface area contributed by atoms with Gasteiger partial charge in [0.1, 0.15) is 0 Å². The number of hydrogen-bond donors (Lipinski definition) is 0. The molecule has 1 aliphatic rings. The normalized spacial score (nSPS) is 12.4. The monoisotopic (exact) mass is 738 g/mol. The van der Waals surface area contributed by atoms with Gasteiger partial charge in [0.05, 0.1) is 0 Å². The van der Waals surface area contributed by atoms with E-state index in [0.717, 1.165) is 15.2 Å². The quantitative estimate of drug-likeness (QED) is 0.188. The molecule has 0 atom stereocenters. The molecule has 7 rings (SSSR count). The molecule has 6 heteroatoms. The maximum atomic E-state index is 5.55. The number of ether oxygens (including phenoxy) is 1. The van der Waals surface area contributed by atoms with E-state index >= 15 is 0 Å². The van der Waals surface area contributed by atoms with Gasteiger partial charge in [-0.3, -0.25) is 0 Å². The molecule has 0 bridgehead atoms. The van der Waals surface area contributed by atoms with Gasteiger partial charge >= 0.3 is 265 Å². The molecule has 0 amide bonds. The van der Waals surface area contributed by atoms with Crippen LogP contribution in [0.4, 0.5) is 5.69 Å². The van der Waals surface area contributed by atoms with Crippen LogP contribution in [-0.2, 0) is 31.1 Å². The summed E-state index contributed by atoms with van der Waals surface area (Å²) >= 11 is 2.39. The Hall–Kier alpha value is -4.60. The molecule has 6 aromatic rings. The van der Waals surface area contributed by atoms with E-state index in [-0.39, 0.29) is 6.71 Å². The van der Waals surface area contributed by atoms with Gasteiger partial charge in [-0.1, -0.05) is 0 Å². The van der Waals surface area contributed by atoms with Gasteiger partial charge in [0.25, 0.3) is 0 Å². The summed E-state index contributed by atoms with van der Waals surface area (Å²) < 4.78 is 11.1. The van der Waals surface area contributed by atoms with E-state index in [1.54, 1.807) is 6.26 Å². The minimum absolute atomic E-state index is 0.0406. The predicted octanol–water partition coefficient (Wildman–Crippen LogP) is 6.01. The van der Waals surface area contributed by atoms with Crippen molar-refractivity contribution in [3.05, 3.63) is 156 Å². The molecule has 4 nitrogen and oxygen atoms in total. The molecule has 0 aliphatic carbocycles. The van der Waals surface area contributed by atoms with Crippen molar-refractivity contribution >= 4 is 28.8 Å². The van der Waals surface area contributed by atoms with Gasteiger partial charge in [-0.25, -0.2) is 0 Å². The van der Waals surface area contributed by atoms with Crippen LogP contribution in [0.2, 0.25) is 0 Å². The SMILES string of the molecule is Cn1ccn(-c2cccc(B(c3cccc(N4C=COC4)c3)c3c(-c4ccccc4)cccc3-c3ccccc3)c2)[c]1=[Pt]. The van der Waals surface area contributed by atoms with Crippen LogP contribution >= 0.6 is 0 Å².